The average Bonchev–Trinajstić information content (AvgIpc) is 3.04. The Balaban J connectivity index is -0.000000346. The second-order valence-electron chi connectivity index (χ2n) is 15.2. The van der Waals surface area contributed by atoms with E-state index in [0.717, 1.165) is 6.42 Å². The van der Waals surface area contributed by atoms with Gasteiger partial charge in [0, 0.05) is 0 Å². The van der Waals surface area contributed by atoms with Gasteiger partial charge >= 0.3 is 0 Å². The van der Waals surface area contributed by atoms with E-state index in [1.165, 1.54) is 219 Å². The van der Waals surface area contributed by atoms with Crippen molar-refractivity contribution >= 4 is 0 Å². The first-order chi connectivity index (χ1) is 22.5. The first kappa shape index (κ1) is 54.0. The molecule has 0 aliphatic carbocycles. The summed E-state index contributed by atoms with van der Waals surface area (Å²) in [4.78, 5) is 3.20. The largest absolute Gasteiger partial charge is 1.00 e. The molecule has 0 aliphatic rings. The fourth-order valence-corrected chi connectivity index (χ4v) is 6.05. The highest BCUT2D eigenvalue weighted by Crippen LogP contribution is 2.15. The highest BCUT2D eigenvalue weighted by Gasteiger charge is 1.97. The van der Waals surface area contributed by atoms with Gasteiger partial charge in [-0.25, -0.2) is 0 Å². The molecule has 0 unspecified atom stereocenters. The minimum atomic E-state index is 0. The van der Waals surface area contributed by atoms with Crippen LogP contribution >= 0.6 is 0 Å². The quantitative estimate of drug-likeness (QED) is 0.0662. The van der Waals surface area contributed by atoms with Gasteiger partial charge in [-0.2, -0.15) is 0 Å². The van der Waals surface area contributed by atoms with Crippen LogP contribution in [0.25, 0.3) is 0 Å². The molecule has 0 aliphatic heterocycles. The molecule has 47 heavy (non-hydrogen) atoms. The lowest BCUT2D eigenvalue weighted by molar-refractivity contribution is -0.858. The van der Waals surface area contributed by atoms with Crippen molar-refractivity contribution in [1.29, 1.82) is 0 Å². The maximum Gasteiger partial charge on any atom is 0.0766 e. The smallest absolute Gasteiger partial charge is 0.0766 e. The van der Waals surface area contributed by atoms with Crippen LogP contribution in [-0.4, -0.2) is 47.9 Å². The highest BCUT2D eigenvalue weighted by atomic mass is 35.5. The number of rotatable bonds is 35. The Morgan fingerprint density at radius 3 is 0.553 bits per heavy atom. The summed E-state index contributed by atoms with van der Waals surface area (Å²) in [5.74, 6) is 0. The zero-order valence-corrected chi connectivity index (χ0v) is 35.0. The second kappa shape index (κ2) is 53.0. The first-order valence-electron chi connectivity index (χ1n) is 21.6. The van der Waals surface area contributed by atoms with Gasteiger partial charge in [0.25, 0.3) is 0 Å². The van der Waals surface area contributed by atoms with E-state index < -0.39 is 0 Å². The molecule has 0 heterocycles. The van der Waals surface area contributed by atoms with Crippen molar-refractivity contribution in [3.8, 4) is 0 Å². The molecule has 0 spiro atoms. The second-order valence-corrected chi connectivity index (χ2v) is 15.2. The van der Waals surface area contributed by atoms with Crippen molar-refractivity contribution in [3.05, 3.63) is 0 Å². The maximum absolute atomic E-state index is 9.30. The molecule has 0 rings (SSSR count). The van der Waals surface area contributed by atoms with Gasteiger partial charge in [0.2, 0.25) is 0 Å². The molecule has 0 aromatic rings. The van der Waals surface area contributed by atoms with E-state index >= 15 is 0 Å². The van der Waals surface area contributed by atoms with Gasteiger partial charge in [-0.3, -0.25) is 0 Å². The third-order valence-electron chi connectivity index (χ3n) is 9.26. The molecule has 3 nitrogen and oxygen atoms in total. The summed E-state index contributed by atoms with van der Waals surface area (Å²) < 4.78 is 0. The van der Waals surface area contributed by atoms with Crippen LogP contribution in [0.1, 0.15) is 233 Å². The molecule has 2 N–H and O–H groups in total. The zero-order valence-electron chi connectivity index (χ0n) is 34.2. The average molecular weight is 692 g/mol. The van der Waals surface area contributed by atoms with E-state index in [-0.39, 0.29) is 19.0 Å². The van der Waals surface area contributed by atoms with Gasteiger partial charge in [0.1, 0.15) is 0 Å². The molecule has 0 saturated carbocycles. The van der Waals surface area contributed by atoms with E-state index in [0.29, 0.717) is 0 Å². The normalized spacial score (nSPS) is 10.9. The van der Waals surface area contributed by atoms with Gasteiger partial charge in [0.15, 0.2) is 0 Å². The molecule has 0 radical (unpaired) electrons. The number of hydrogen-bond donors (Lipinski definition) is 2. The summed E-state index contributed by atoms with van der Waals surface area (Å²) in [6.07, 6.45) is 47.6. The van der Waals surface area contributed by atoms with E-state index in [9.17, 15) is 5.11 Å². The van der Waals surface area contributed by atoms with Crippen molar-refractivity contribution in [2.45, 2.75) is 233 Å². The van der Waals surface area contributed by atoms with Gasteiger partial charge in [0.05, 0.1) is 41.3 Å². The number of quaternary nitrogens is 2. The van der Waals surface area contributed by atoms with Crippen LogP contribution in [-0.2, 0) is 0 Å². The van der Waals surface area contributed by atoms with Crippen molar-refractivity contribution in [3.63, 3.8) is 0 Å². The van der Waals surface area contributed by atoms with Gasteiger partial charge in [-0.1, -0.05) is 207 Å². The number of nitrogens with one attached hydrogen (secondary N) is 2. The molecule has 0 aromatic heterocycles. The SMILES string of the molecule is CCCCCCCCCCCCCCCCCC[NH+](C)C.CCCCCCCCCCCCCCCCCC[NH+](C)C.CCC[O-].[Cl-]. The van der Waals surface area contributed by atoms with Crippen LogP contribution in [0.2, 0.25) is 0 Å². The van der Waals surface area contributed by atoms with E-state index in [1.54, 1.807) is 9.80 Å². The highest BCUT2D eigenvalue weighted by molar-refractivity contribution is 4.51. The Labute approximate surface area is 307 Å². The fraction of sp³-hybridized carbons (Fsp3) is 1.00. The molecular weight excluding hydrogens is 596 g/mol. The van der Waals surface area contributed by atoms with Gasteiger partial charge in [-0.05, 0) is 25.7 Å². The molecule has 0 amide bonds. The van der Waals surface area contributed by atoms with Crippen LogP contribution in [0.4, 0.5) is 0 Å². The van der Waals surface area contributed by atoms with Crippen molar-refractivity contribution in [2.75, 3.05) is 47.9 Å². The predicted molar refractivity (Wildman–Crippen MR) is 210 cm³/mol. The lowest BCUT2D eigenvalue weighted by Gasteiger charge is -2.06. The Bertz CT molecular complexity index is 433. The van der Waals surface area contributed by atoms with E-state index in [2.05, 4.69) is 42.0 Å². The third kappa shape index (κ3) is 65.2. The van der Waals surface area contributed by atoms with Crippen LogP contribution in [0, 0.1) is 0 Å². The summed E-state index contributed by atoms with van der Waals surface area (Å²) in [7, 11) is 9.02. The van der Waals surface area contributed by atoms with Crippen molar-refractivity contribution in [1.82, 2.24) is 0 Å². The van der Waals surface area contributed by atoms with Crippen LogP contribution in [0.3, 0.4) is 0 Å². The number of halogens is 1. The molecule has 290 valence electrons. The molecular formula is C43H95ClN2O. The minimum absolute atomic E-state index is 0. The molecule has 0 aromatic carbocycles. The summed E-state index contributed by atoms with van der Waals surface area (Å²) in [5.41, 5.74) is 0. The summed E-state index contributed by atoms with van der Waals surface area (Å²) in [6.45, 7) is 9.22. The molecule has 0 bridgehead atoms. The monoisotopic (exact) mass is 691 g/mol. The first-order valence-corrected chi connectivity index (χ1v) is 21.6. The molecule has 0 saturated heterocycles. The Morgan fingerprint density at radius 1 is 0.277 bits per heavy atom. The lowest BCUT2D eigenvalue weighted by atomic mass is 10.0. The minimum Gasteiger partial charge on any atom is -1.00 e. The molecule has 4 heteroatoms. The Hall–Kier alpha value is 0.170. The maximum atomic E-state index is 9.30. The van der Waals surface area contributed by atoms with Gasteiger partial charge < -0.3 is 27.3 Å². The summed E-state index contributed by atoms with van der Waals surface area (Å²) in [6, 6.07) is 0. The van der Waals surface area contributed by atoms with Crippen LogP contribution in [0.5, 0.6) is 0 Å². The molecule has 0 fully saturated rings. The van der Waals surface area contributed by atoms with Gasteiger partial charge in [-0.15, -0.1) is 6.61 Å². The predicted octanol–water partition coefficient (Wildman–Crippen LogP) is 7.55. The van der Waals surface area contributed by atoms with E-state index in [1.807, 2.05) is 6.92 Å². The van der Waals surface area contributed by atoms with Crippen LogP contribution < -0.4 is 27.3 Å². The third-order valence-corrected chi connectivity index (χ3v) is 9.26. The van der Waals surface area contributed by atoms with Crippen LogP contribution in [0.15, 0.2) is 0 Å². The van der Waals surface area contributed by atoms with E-state index in [4.69, 9.17) is 0 Å². The zero-order chi connectivity index (χ0) is 34.6. The fourth-order valence-electron chi connectivity index (χ4n) is 6.05. The molecule has 0 atom stereocenters. The summed E-state index contributed by atoms with van der Waals surface area (Å²) >= 11 is 0. The Morgan fingerprint density at radius 2 is 0.426 bits per heavy atom. The topological polar surface area (TPSA) is 31.9 Å². The number of hydrogen-bond acceptors (Lipinski definition) is 1. The standard InChI is InChI=1S/2C20H43N.C3H7O.ClH/c2*1-4-5-6-7-8-9-10-11-12-13-14-15-16-17-18-19-20-21(2)3;1-2-3-4;/h2*4-20H2,1-3H3;2-3H2,1H3;1H/q;;-1;/p+1. The Kier molecular flexibility index (Phi) is 60.8. The van der Waals surface area contributed by atoms with Crippen molar-refractivity contribution in [2.24, 2.45) is 0 Å². The summed E-state index contributed by atoms with van der Waals surface area (Å²) in [5, 5.41) is 9.30. The van der Waals surface area contributed by atoms with Crippen molar-refractivity contribution < 1.29 is 27.3 Å². The number of unbranched alkanes of at least 4 members (excludes halogenated alkanes) is 30. The lowest BCUT2D eigenvalue weighted by Crippen LogP contribution is -3.05.